The minimum atomic E-state index is -4.52. The average molecular weight is 255 g/mol. The Morgan fingerprint density at radius 1 is 1.24 bits per heavy atom. The first-order chi connectivity index (χ1) is 7.84. The molecule has 2 nitrogen and oxygen atoms in total. The second kappa shape index (κ2) is 5.31. The zero-order valence-corrected chi connectivity index (χ0v) is 8.60. The van der Waals surface area contributed by atoms with Gasteiger partial charge in [0.25, 0.3) is 6.43 Å². The summed E-state index contributed by atoms with van der Waals surface area (Å²) >= 11 is 0. The van der Waals surface area contributed by atoms with Crippen molar-refractivity contribution in [3.63, 3.8) is 0 Å². The molecule has 2 N–H and O–H groups in total. The second-order valence-electron chi connectivity index (χ2n) is 3.22. The minimum Gasteiger partial charge on any atom is -0.488 e. The third-order valence-electron chi connectivity index (χ3n) is 1.98. The molecule has 1 aromatic carbocycles. The quantitative estimate of drug-likeness (QED) is 0.839. The molecule has 0 bridgehead atoms. The molecule has 1 rings (SSSR count). The van der Waals surface area contributed by atoms with E-state index in [1.54, 1.807) is 0 Å². The fraction of sp³-hybridized carbons (Fsp3) is 0.400. The summed E-state index contributed by atoms with van der Waals surface area (Å²) in [5, 5.41) is 0. The van der Waals surface area contributed by atoms with Crippen LogP contribution in [0, 0.1) is 0 Å². The third kappa shape index (κ3) is 3.85. The van der Waals surface area contributed by atoms with Crippen molar-refractivity contribution in [2.75, 3.05) is 6.61 Å². The van der Waals surface area contributed by atoms with Crippen molar-refractivity contribution in [1.82, 2.24) is 0 Å². The monoisotopic (exact) mass is 255 g/mol. The Balaban J connectivity index is 2.93. The largest absolute Gasteiger partial charge is 0.488 e. The molecule has 0 fully saturated rings. The average Bonchev–Trinajstić information content (AvgIpc) is 2.24. The van der Waals surface area contributed by atoms with E-state index in [0.717, 1.165) is 18.2 Å². The van der Waals surface area contributed by atoms with Crippen LogP contribution < -0.4 is 10.5 Å². The van der Waals surface area contributed by atoms with Gasteiger partial charge in [-0.15, -0.1) is 0 Å². The Hall–Kier alpha value is -1.37. The predicted molar refractivity (Wildman–Crippen MR) is 50.8 cm³/mol. The summed E-state index contributed by atoms with van der Waals surface area (Å²) in [6.07, 6.45) is -7.20. The number of alkyl halides is 5. The molecule has 0 atom stereocenters. The van der Waals surface area contributed by atoms with Gasteiger partial charge in [0, 0.05) is 6.54 Å². The molecular weight excluding hydrogens is 245 g/mol. The maximum atomic E-state index is 12.5. The van der Waals surface area contributed by atoms with Crippen molar-refractivity contribution in [2.45, 2.75) is 19.1 Å². The minimum absolute atomic E-state index is 0.0567. The predicted octanol–water partition coefficient (Wildman–Crippen LogP) is 2.81. The van der Waals surface area contributed by atoms with Gasteiger partial charge in [-0.3, -0.25) is 0 Å². The van der Waals surface area contributed by atoms with Crippen LogP contribution >= 0.6 is 0 Å². The summed E-state index contributed by atoms with van der Waals surface area (Å²) in [5.74, 6) is -0.0567. The number of nitrogens with two attached hydrogens (primary N) is 1. The van der Waals surface area contributed by atoms with E-state index in [0.29, 0.717) is 0 Å². The standard InChI is InChI=1S/C10H10F5NO/c11-9(12)5-17-7-1-2-8(10(13,14)15)6(3-7)4-16/h1-3,9H,4-5,16H2. The molecule has 0 spiro atoms. The summed E-state index contributed by atoms with van der Waals surface area (Å²) < 4.78 is 65.7. The molecule has 0 unspecified atom stereocenters. The number of rotatable bonds is 4. The van der Waals surface area contributed by atoms with E-state index in [2.05, 4.69) is 4.74 Å². The fourth-order valence-corrected chi connectivity index (χ4v) is 1.26. The SMILES string of the molecule is NCc1cc(OCC(F)F)ccc1C(F)(F)F. The zero-order chi connectivity index (χ0) is 13.1. The van der Waals surface area contributed by atoms with E-state index < -0.39 is 24.8 Å². The molecule has 0 saturated carbocycles. The van der Waals surface area contributed by atoms with Gasteiger partial charge in [-0.2, -0.15) is 13.2 Å². The molecule has 0 amide bonds. The molecule has 0 saturated heterocycles. The van der Waals surface area contributed by atoms with Crippen molar-refractivity contribution in [2.24, 2.45) is 5.73 Å². The van der Waals surface area contributed by atoms with Gasteiger partial charge < -0.3 is 10.5 Å². The Labute approximate surface area is 94.2 Å². The number of hydrogen-bond acceptors (Lipinski definition) is 2. The van der Waals surface area contributed by atoms with Gasteiger partial charge in [0.15, 0.2) is 0 Å². The van der Waals surface area contributed by atoms with Gasteiger partial charge in [-0.25, -0.2) is 8.78 Å². The molecule has 0 aliphatic heterocycles. The van der Waals surface area contributed by atoms with Crippen LogP contribution in [0.5, 0.6) is 5.75 Å². The van der Waals surface area contributed by atoms with E-state index in [1.165, 1.54) is 0 Å². The van der Waals surface area contributed by atoms with Gasteiger partial charge >= 0.3 is 6.18 Å². The maximum Gasteiger partial charge on any atom is 0.416 e. The highest BCUT2D eigenvalue weighted by Gasteiger charge is 2.33. The summed E-state index contributed by atoms with van der Waals surface area (Å²) in [4.78, 5) is 0. The molecule has 1 aromatic rings. The summed E-state index contributed by atoms with van der Waals surface area (Å²) in [7, 11) is 0. The summed E-state index contributed by atoms with van der Waals surface area (Å²) in [5.41, 5.74) is 4.09. The normalized spacial score (nSPS) is 11.9. The molecule has 0 aliphatic rings. The van der Waals surface area contributed by atoms with Crippen LogP contribution in [-0.2, 0) is 12.7 Å². The molecular formula is C10H10F5NO. The topological polar surface area (TPSA) is 35.2 Å². The lowest BCUT2D eigenvalue weighted by Crippen LogP contribution is -2.13. The van der Waals surface area contributed by atoms with Gasteiger partial charge in [0.1, 0.15) is 12.4 Å². The highest BCUT2D eigenvalue weighted by molar-refractivity contribution is 5.37. The van der Waals surface area contributed by atoms with Crippen molar-refractivity contribution in [1.29, 1.82) is 0 Å². The number of hydrogen-bond donors (Lipinski definition) is 1. The third-order valence-corrected chi connectivity index (χ3v) is 1.98. The van der Waals surface area contributed by atoms with Crippen LogP contribution in [0.25, 0.3) is 0 Å². The van der Waals surface area contributed by atoms with E-state index in [9.17, 15) is 22.0 Å². The molecule has 17 heavy (non-hydrogen) atoms. The number of halogens is 5. The second-order valence-corrected chi connectivity index (χ2v) is 3.22. The lowest BCUT2D eigenvalue weighted by molar-refractivity contribution is -0.138. The zero-order valence-electron chi connectivity index (χ0n) is 8.60. The maximum absolute atomic E-state index is 12.5. The summed E-state index contributed by atoms with van der Waals surface area (Å²) in [6.45, 7) is -1.21. The number of benzene rings is 1. The van der Waals surface area contributed by atoms with Crippen LogP contribution in [0.15, 0.2) is 18.2 Å². The van der Waals surface area contributed by atoms with Crippen LogP contribution in [0.2, 0.25) is 0 Å². The molecule has 0 heterocycles. The van der Waals surface area contributed by atoms with E-state index in [4.69, 9.17) is 5.73 Å². The van der Waals surface area contributed by atoms with Gasteiger partial charge in [-0.1, -0.05) is 0 Å². The Morgan fingerprint density at radius 2 is 1.88 bits per heavy atom. The van der Waals surface area contributed by atoms with Crippen LogP contribution in [0.4, 0.5) is 22.0 Å². The van der Waals surface area contributed by atoms with Crippen LogP contribution in [0.1, 0.15) is 11.1 Å². The Morgan fingerprint density at radius 3 is 2.35 bits per heavy atom. The van der Waals surface area contributed by atoms with Crippen molar-refractivity contribution in [3.05, 3.63) is 29.3 Å². The first-order valence-corrected chi connectivity index (χ1v) is 4.65. The Kier molecular flexibility index (Phi) is 4.28. The van der Waals surface area contributed by atoms with Crippen LogP contribution in [-0.4, -0.2) is 13.0 Å². The fourth-order valence-electron chi connectivity index (χ4n) is 1.26. The molecule has 0 aliphatic carbocycles. The van der Waals surface area contributed by atoms with E-state index in [1.807, 2.05) is 0 Å². The Bertz CT molecular complexity index is 377. The highest BCUT2D eigenvalue weighted by Crippen LogP contribution is 2.33. The highest BCUT2D eigenvalue weighted by atomic mass is 19.4. The van der Waals surface area contributed by atoms with Crippen molar-refractivity contribution in [3.8, 4) is 5.75 Å². The summed E-state index contributed by atoms with van der Waals surface area (Å²) in [6, 6.07) is 2.78. The molecule has 96 valence electrons. The van der Waals surface area contributed by atoms with E-state index >= 15 is 0 Å². The number of ether oxygens (including phenoxy) is 1. The van der Waals surface area contributed by atoms with Gasteiger partial charge in [0.05, 0.1) is 5.56 Å². The smallest absolute Gasteiger partial charge is 0.416 e. The first kappa shape index (κ1) is 13.7. The van der Waals surface area contributed by atoms with E-state index in [-0.39, 0.29) is 17.9 Å². The molecule has 0 aromatic heterocycles. The van der Waals surface area contributed by atoms with Crippen molar-refractivity contribution < 1.29 is 26.7 Å². The molecule has 0 radical (unpaired) electrons. The lowest BCUT2D eigenvalue weighted by Gasteiger charge is -2.13. The van der Waals surface area contributed by atoms with Gasteiger partial charge in [0.2, 0.25) is 0 Å². The molecule has 7 heteroatoms. The first-order valence-electron chi connectivity index (χ1n) is 4.65. The van der Waals surface area contributed by atoms with Crippen LogP contribution in [0.3, 0.4) is 0 Å². The lowest BCUT2D eigenvalue weighted by atomic mass is 10.1. The van der Waals surface area contributed by atoms with Crippen molar-refractivity contribution >= 4 is 0 Å². The van der Waals surface area contributed by atoms with Gasteiger partial charge in [-0.05, 0) is 23.8 Å².